The SMILES string of the molecule is CCCCCc1cccc(O[C]=O)c1C1CCCCC1. The highest BCUT2D eigenvalue weighted by Crippen LogP contribution is 2.39. The zero-order chi connectivity index (χ0) is 14.2. The highest BCUT2D eigenvalue weighted by molar-refractivity contribution is 5.52. The Kier molecular flexibility index (Phi) is 6.10. The van der Waals surface area contributed by atoms with Gasteiger partial charge in [0, 0.05) is 5.56 Å². The lowest BCUT2D eigenvalue weighted by molar-refractivity contribution is 0.411. The van der Waals surface area contributed by atoms with Crippen LogP contribution in [0.4, 0.5) is 0 Å². The Morgan fingerprint density at radius 1 is 1.20 bits per heavy atom. The van der Waals surface area contributed by atoms with Crippen molar-refractivity contribution in [2.45, 2.75) is 70.6 Å². The molecule has 20 heavy (non-hydrogen) atoms. The number of aryl methyl sites for hydroxylation is 1. The molecule has 1 saturated carbocycles. The van der Waals surface area contributed by atoms with E-state index in [-0.39, 0.29) is 0 Å². The third kappa shape index (κ3) is 3.84. The molecule has 1 aromatic rings. The first kappa shape index (κ1) is 15.1. The molecule has 0 aliphatic heterocycles. The van der Waals surface area contributed by atoms with Crippen molar-refractivity contribution in [2.75, 3.05) is 0 Å². The summed E-state index contributed by atoms with van der Waals surface area (Å²) < 4.78 is 5.13. The molecule has 0 atom stereocenters. The summed E-state index contributed by atoms with van der Waals surface area (Å²) in [6.07, 6.45) is 11.2. The van der Waals surface area contributed by atoms with Crippen molar-refractivity contribution >= 4 is 6.47 Å². The first-order valence-corrected chi connectivity index (χ1v) is 8.02. The molecule has 0 saturated heterocycles. The first-order chi connectivity index (χ1) is 9.86. The largest absolute Gasteiger partial charge is 0.423 e. The van der Waals surface area contributed by atoms with Crippen molar-refractivity contribution in [3.8, 4) is 5.75 Å². The molecule has 0 bridgehead atoms. The molecule has 2 heteroatoms. The third-order valence-electron chi connectivity index (χ3n) is 4.37. The van der Waals surface area contributed by atoms with Gasteiger partial charge in [-0.25, -0.2) is 4.79 Å². The summed E-state index contributed by atoms with van der Waals surface area (Å²) >= 11 is 0. The van der Waals surface area contributed by atoms with Gasteiger partial charge in [0.15, 0.2) is 0 Å². The van der Waals surface area contributed by atoms with Crippen LogP contribution in [0.1, 0.15) is 75.3 Å². The predicted octanol–water partition coefficient (Wildman–Crippen LogP) is 4.91. The number of hydrogen-bond acceptors (Lipinski definition) is 2. The fourth-order valence-electron chi connectivity index (χ4n) is 3.36. The smallest absolute Gasteiger partial charge is 0.418 e. The van der Waals surface area contributed by atoms with Crippen LogP contribution in [0.2, 0.25) is 0 Å². The Bertz CT molecular complexity index is 419. The van der Waals surface area contributed by atoms with E-state index >= 15 is 0 Å². The van der Waals surface area contributed by atoms with Crippen LogP contribution in [-0.2, 0) is 11.2 Å². The number of carbonyl (C=O) groups excluding carboxylic acids is 1. The molecule has 0 heterocycles. The number of rotatable bonds is 7. The van der Waals surface area contributed by atoms with Crippen LogP contribution in [0.15, 0.2) is 18.2 Å². The van der Waals surface area contributed by atoms with E-state index in [1.807, 2.05) is 12.1 Å². The van der Waals surface area contributed by atoms with Gasteiger partial charge in [-0.05, 0) is 43.2 Å². The van der Waals surface area contributed by atoms with Crippen molar-refractivity contribution in [3.63, 3.8) is 0 Å². The second-order valence-corrected chi connectivity index (χ2v) is 5.81. The lowest BCUT2D eigenvalue weighted by Crippen LogP contribution is -2.10. The standard InChI is InChI=1S/C18H25O2/c1-2-3-5-9-16-12-8-13-17(20-14-19)18(16)15-10-6-4-7-11-15/h8,12-13,15H,2-7,9-11H2,1H3. The second-order valence-electron chi connectivity index (χ2n) is 5.81. The Balaban J connectivity index is 2.23. The van der Waals surface area contributed by atoms with Gasteiger partial charge in [0.1, 0.15) is 5.75 Å². The fourth-order valence-corrected chi connectivity index (χ4v) is 3.36. The summed E-state index contributed by atoms with van der Waals surface area (Å²) in [7, 11) is 0. The maximum Gasteiger partial charge on any atom is 0.423 e. The van der Waals surface area contributed by atoms with Crippen LogP contribution in [0.5, 0.6) is 5.75 Å². The summed E-state index contributed by atoms with van der Waals surface area (Å²) in [5.41, 5.74) is 2.66. The molecule has 0 N–H and O–H groups in total. The van der Waals surface area contributed by atoms with Gasteiger partial charge in [-0.3, -0.25) is 0 Å². The van der Waals surface area contributed by atoms with E-state index in [4.69, 9.17) is 4.74 Å². The molecule has 0 aromatic heterocycles. The van der Waals surface area contributed by atoms with Crippen molar-refractivity contribution in [2.24, 2.45) is 0 Å². The highest BCUT2D eigenvalue weighted by atomic mass is 16.5. The lowest BCUT2D eigenvalue weighted by atomic mass is 9.80. The molecule has 109 valence electrons. The van der Waals surface area contributed by atoms with Crippen LogP contribution in [0.25, 0.3) is 0 Å². The molecule has 1 aliphatic carbocycles. The average molecular weight is 273 g/mol. The number of hydrogen-bond donors (Lipinski definition) is 0. The van der Waals surface area contributed by atoms with E-state index in [9.17, 15) is 4.79 Å². The van der Waals surface area contributed by atoms with Gasteiger partial charge in [-0.2, -0.15) is 0 Å². The highest BCUT2D eigenvalue weighted by Gasteiger charge is 2.22. The average Bonchev–Trinajstić information content (AvgIpc) is 2.49. The van der Waals surface area contributed by atoms with Crippen LogP contribution in [0, 0.1) is 0 Å². The van der Waals surface area contributed by atoms with E-state index in [2.05, 4.69) is 13.0 Å². The van der Waals surface area contributed by atoms with Gasteiger partial charge >= 0.3 is 6.47 Å². The van der Waals surface area contributed by atoms with Crippen molar-refractivity contribution in [3.05, 3.63) is 29.3 Å². The number of benzene rings is 1. The van der Waals surface area contributed by atoms with Crippen LogP contribution < -0.4 is 4.74 Å². The second kappa shape index (κ2) is 8.08. The topological polar surface area (TPSA) is 26.3 Å². The van der Waals surface area contributed by atoms with E-state index in [1.54, 1.807) is 6.47 Å². The van der Waals surface area contributed by atoms with Gasteiger partial charge in [0.2, 0.25) is 0 Å². The molecule has 2 nitrogen and oxygen atoms in total. The Morgan fingerprint density at radius 2 is 2.00 bits per heavy atom. The molecule has 1 radical (unpaired) electrons. The molecule has 0 amide bonds. The molecule has 2 rings (SSSR count). The van der Waals surface area contributed by atoms with Gasteiger partial charge in [-0.15, -0.1) is 0 Å². The minimum absolute atomic E-state index is 0.560. The lowest BCUT2D eigenvalue weighted by Gasteiger charge is -2.26. The normalized spacial score (nSPS) is 16.1. The van der Waals surface area contributed by atoms with Crippen molar-refractivity contribution in [1.29, 1.82) is 0 Å². The van der Waals surface area contributed by atoms with Gasteiger partial charge in [0.05, 0.1) is 0 Å². The summed E-state index contributed by atoms with van der Waals surface area (Å²) in [5.74, 6) is 1.30. The van der Waals surface area contributed by atoms with Crippen LogP contribution in [-0.4, -0.2) is 6.47 Å². The van der Waals surface area contributed by atoms with Crippen LogP contribution >= 0.6 is 0 Å². The first-order valence-electron chi connectivity index (χ1n) is 8.02. The van der Waals surface area contributed by atoms with Gasteiger partial charge in [-0.1, -0.05) is 51.2 Å². The minimum Gasteiger partial charge on any atom is -0.418 e. The monoisotopic (exact) mass is 273 g/mol. The molecule has 1 aliphatic rings. The Labute approximate surface area is 122 Å². The predicted molar refractivity (Wildman–Crippen MR) is 81.8 cm³/mol. The summed E-state index contributed by atoms with van der Waals surface area (Å²) in [5, 5.41) is 0. The van der Waals surface area contributed by atoms with Gasteiger partial charge < -0.3 is 4.74 Å². The minimum atomic E-state index is 0.560. The summed E-state index contributed by atoms with van der Waals surface area (Å²) in [4.78, 5) is 10.6. The Morgan fingerprint density at radius 3 is 2.70 bits per heavy atom. The quantitative estimate of drug-likeness (QED) is 0.660. The molecule has 1 fully saturated rings. The third-order valence-corrected chi connectivity index (χ3v) is 4.37. The molecule has 0 unspecified atom stereocenters. The molecule has 1 aromatic carbocycles. The fraction of sp³-hybridized carbons (Fsp3) is 0.611. The zero-order valence-corrected chi connectivity index (χ0v) is 12.5. The number of ether oxygens (including phenoxy) is 1. The molecule has 0 spiro atoms. The molecular formula is C18H25O2. The number of unbranched alkanes of at least 4 members (excludes halogenated alkanes) is 2. The van der Waals surface area contributed by atoms with E-state index < -0.39 is 0 Å². The summed E-state index contributed by atoms with van der Waals surface area (Å²) in [6, 6.07) is 6.12. The maximum atomic E-state index is 10.6. The summed E-state index contributed by atoms with van der Waals surface area (Å²) in [6.45, 7) is 3.83. The molecular weight excluding hydrogens is 248 g/mol. The van der Waals surface area contributed by atoms with Crippen molar-refractivity contribution < 1.29 is 9.53 Å². The Hall–Kier alpha value is -1.31. The van der Waals surface area contributed by atoms with E-state index in [1.165, 1.54) is 62.5 Å². The van der Waals surface area contributed by atoms with Gasteiger partial charge in [0.25, 0.3) is 0 Å². The zero-order valence-electron chi connectivity index (χ0n) is 12.5. The van der Waals surface area contributed by atoms with Crippen LogP contribution in [0.3, 0.4) is 0 Å². The van der Waals surface area contributed by atoms with E-state index in [0.717, 1.165) is 12.2 Å². The van der Waals surface area contributed by atoms with E-state index in [0.29, 0.717) is 5.92 Å². The van der Waals surface area contributed by atoms with Crippen molar-refractivity contribution in [1.82, 2.24) is 0 Å². The maximum absolute atomic E-state index is 10.6.